The number of halogens is 3. The molecule has 0 amide bonds. The molecule has 2 aliphatic heterocycles. The van der Waals surface area contributed by atoms with Crippen LogP contribution in [0.3, 0.4) is 0 Å². The van der Waals surface area contributed by atoms with E-state index in [1.807, 2.05) is 0 Å². The minimum atomic E-state index is -4.35. The number of alkyl halides is 3. The van der Waals surface area contributed by atoms with Gasteiger partial charge in [-0.05, 0) is 44.0 Å². The average Bonchev–Trinajstić information content (AvgIpc) is 2.95. The van der Waals surface area contributed by atoms with E-state index in [1.165, 1.54) is 6.07 Å². The number of ether oxygens (including phenoxy) is 1. The summed E-state index contributed by atoms with van der Waals surface area (Å²) in [6.07, 6.45) is -2.18. The Morgan fingerprint density at radius 1 is 1.29 bits per heavy atom. The fourth-order valence-electron chi connectivity index (χ4n) is 3.41. The third-order valence-electron chi connectivity index (χ3n) is 4.74. The van der Waals surface area contributed by atoms with Gasteiger partial charge in [0.15, 0.2) is 0 Å². The molecule has 2 N–H and O–H groups in total. The molecule has 0 aromatic heterocycles. The van der Waals surface area contributed by atoms with Gasteiger partial charge in [0.05, 0.1) is 11.2 Å². The van der Waals surface area contributed by atoms with Crippen LogP contribution in [0.4, 0.5) is 13.2 Å². The summed E-state index contributed by atoms with van der Waals surface area (Å²) in [6.45, 7) is 3.66. The average molecular weight is 344 g/mol. The van der Waals surface area contributed by atoms with Crippen LogP contribution in [-0.4, -0.2) is 54.4 Å². The molecule has 2 heterocycles. The smallest absolute Gasteiger partial charge is 0.416 e. The SMILES string of the molecule is O[C@]1(CN2CCC(Oc3cccc(C(F)(F)F)c3)CC2)CCNC1. The summed E-state index contributed by atoms with van der Waals surface area (Å²) in [5, 5.41) is 13.6. The lowest BCUT2D eigenvalue weighted by Crippen LogP contribution is -2.48. The maximum absolute atomic E-state index is 12.7. The zero-order valence-corrected chi connectivity index (χ0v) is 13.5. The molecule has 134 valence electrons. The summed E-state index contributed by atoms with van der Waals surface area (Å²) < 4.78 is 43.9. The first kappa shape index (κ1) is 17.5. The number of nitrogens with one attached hydrogen (secondary N) is 1. The third-order valence-corrected chi connectivity index (χ3v) is 4.74. The summed E-state index contributed by atoms with van der Waals surface area (Å²) in [4.78, 5) is 2.21. The van der Waals surface area contributed by atoms with Gasteiger partial charge in [-0.25, -0.2) is 0 Å². The molecule has 24 heavy (non-hydrogen) atoms. The normalized spacial score (nSPS) is 26.7. The number of hydrogen-bond donors (Lipinski definition) is 2. The lowest BCUT2D eigenvalue weighted by Gasteiger charge is -2.36. The third kappa shape index (κ3) is 4.40. The zero-order chi connectivity index (χ0) is 17.2. The molecule has 0 unspecified atom stereocenters. The van der Waals surface area contributed by atoms with Crippen molar-refractivity contribution in [1.29, 1.82) is 0 Å². The molecule has 2 fully saturated rings. The van der Waals surface area contributed by atoms with Crippen LogP contribution >= 0.6 is 0 Å². The molecule has 0 radical (unpaired) electrons. The van der Waals surface area contributed by atoms with Crippen molar-refractivity contribution in [2.24, 2.45) is 0 Å². The highest BCUT2D eigenvalue weighted by Crippen LogP contribution is 2.32. The van der Waals surface area contributed by atoms with E-state index in [-0.39, 0.29) is 11.9 Å². The van der Waals surface area contributed by atoms with Crippen molar-refractivity contribution in [2.75, 3.05) is 32.7 Å². The molecule has 0 spiro atoms. The molecule has 2 saturated heterocycles. The van der Waals surface area contributed by atoms with Crippen LogP contribution in [0.1, 0.15) is 24.8 Å². The first-order valence-electron chi connectivity index (χ1n) is 8.33. The fraction of sp³-hybridized carbons (Fsp3) is 0.647. The Kier molecular flexibility index (Phi) is 5.03. The van der Waals surface area contributed by atoms with Gasteiger partial charge in [-0.15, -0.1) is 0 Å². The Hall–Kier alpha value is -1.31. The van der Waals surface area contributed by atoms with Crippen molar-refractivity contribution >= 4 is 0 Å². The molecule has 1 aromatic rings. The van der Waals surface area contributed by atoms with Gasteiger partial charge in [-0.1, -0.05) is 6.07 Å². The molecule has 0 saturated carbocycles. The van der Waals surface area contributed by atoms with Crippen LogP contribution < -0.4 is 10.1 Å². The quantitative estimate of drug-likeness (QED) is 0.880. The van der Waals surface area contributed by atoms with E-state index in [2.05, 4.69) is 10.2 Å². The van der Waals surface area contributed by atoms with Crippen molar-refractivity contribution in [1.82, 2.24) is 10.2 Å². The predicted molar refractivity (Wildman–Crippen MR) is 84.0 cm³/mol. The molecule has 3 rings (SSSR count). The van der Waals surface area contributed by atoms with E-state index in [4.69, 9.17) is 4.74 Å². The molecule has 2 aliphatic rings. The van der Waals surface area contributed by atoms with Gasteiger partial charge in [-0.2, -0.15) is 13.2 Å². The molecule has 0 aliphatic carbocycles. The largest absolute Gasteiger partial charge is 0.490 e. The number of rotatable bonds is 4. The molecule has 4 nitrogen and oxygen atoms in total. The van der Waals surface area contributed by atoms with Crippen LogP contribution in [0.2, 0.25) is 0 Å². The van der Waals surface area contributed by atoms with Crippen molar-refractivity contribution in [2.45, 2.75) is 37.1 Å². The highest BCUT2D eigenvalue weighted by atomic mass is 19.4. The maximum Gasteiger partial charge on any atom is 0.416 e. The van der Waals surface area contributed by atoms with E-state index in [0.717, 1.165) is 51.0 Å². The second-order valence-corrected chi connectivity index (χ2v) is 6.77. The second-order valence-electron chi connectivity index (χ2n) is 6.77. The van der Waals surface area contributed by atoms with Gasteiger partial charge in [0.1, 0.15) is 11.9 Å². The number of piperidine rings is 1. The minimum Gasteiger partial charge on any atom is -0.490 e. The highest BCUT2D eigenvalue weighted by molar-refractivity contribution is 5.30. The second kappa shape index (κ2) is 6.90. The van der Waals surface area contributed by atoms with E-state index in [9.17, 15) is 18.3 Å². The van der Waals surface area contributed by atoms with Gasteiger partial charge < -0.3 is 20.1 Å². The van der Waals surface area contributed by atoms with Crippen LogP contribution in [0.5, 0.6) is 5.75 Å². The first-order valence-corrected chi connectivity index (χ1v) is 8.33. The van der Waals surface area contributed by atoms with E-state index in [1.54, 1.807) is 6.07 Å². The number of likely N-dealkylation sites (tertiary alicyclic amines) is 1. The number of nitrogens with zero attached hydrogens (tertiary/aromatic N) is 1. The Morgan fingerprint density at radius 2 is 2.04 bits per heavy atom. The van der Waals surface area contributed by atoms with Crippen molar-refractivity contribution in [3.8, 4) is 5.75 Å². The van der Waals surface area contributed by atoms with Gasteiger partial charge in [0.2, 0.25) is 0 Å². The monoisotopic (exact) mass is 344 g/mol. The maximum atomic E-state index is 12.7. The van der Waals surface area contributed by atoms with E-state index >= 15 is 0 Å². The molecular weight excluding hydrogens is 321 g/mol. The lowest BCUT2D eigenvalue weighted by atomic mass is 10.00. The summed E-state index contributed by atoms with van der Waals surface area (Å²) >= 11 is 0. The van der Waals surface area contributed by atoms with Gasteiger partial charge in [0.25, 0.3) is 0 Å². The van der Waals surface area contributed by atoms with Crippen LogP contribution in [0.15, 0.2) is 24.3 Å². The summed E-state index contributed by atoms with van der Waals surface area (Å²) in [5.41, 5.74) is -1.34. The Balaban J connectivity index is 1.50. The van der Waals surface area contributed by atoms with Crippen LogP contribution in [0, 0.1) is 0 Å². The molecule has 1 atom stereocenters. The van der Waals surface area contributed by atoms with E-state index in [0.29, 0.717) is 13.1 Å². The Labute approximate surface area is 139 Å². The standard InChI is InChI=1S/C17H23F3N2O2/c18-17(19,20)13-2-1-3-15(10-13)24-14-4-8-22(9-5-14)12-16(23)6-7-21-11-16/h1-3,10,14,21,23H,4-9,11-12H2/t16-/m1/s1. The minimum absolute atomic E-state index is 0.0823. The number of β-amino-alcohol motifs (C(OH)–C–C–N with tert-alkyl or cyclic N) is 1. The van der Waals surface area contributed by atoms with Gasteiger partial charge in [0, 0.05) is 26.2 Å². The molecule has 0 bridgehead atoms. The summed E-state index contributed by atoms with van der Waals surface area (Å²) in [5.74, 6) is 0.266. The molecular formula is C17H23F3N2O2. The number of hydrogen-bond acceptors (Lipinski definition) is 4. The van der Waals surface area contributed by atoms with Gasteiger partial charge >= 0.3 is 6.18 Å². The Bertz CT molecular complexity index is 551. The number of benzene rings is 1. The summed E-state index contributed by atoms with van der Waals surface area (Å²) in [6, 6.07) is 5.04. The zero-order valence-electron chi connectivity index (χ0n) is 13.5. The fourth-order valence-corrected chi connectivity index (χ4v) is 3.41. The van der Waals surface area contributed by atoms with Crippen LogP contribution in [0.25, 0.3) is 0 Å². The predicted octanol–water partition coefficient (Wildman–Crippen LogP) is 2.27. The molecule has 7 heteroatoms. The van der Waals surface area contributed by atoms with Gasteiger partial charge in [-0.3, -0.25) is 0 Å². The summed E-state index contributed by atoms with van der Waals surface area (Å²) in [7, 11) is 0. The van der Waals surface area contributed by atoms with Crippen molar-refractivity contribution in [3.05, 3.63) is 29.8 Å². The first-order chi connectivity index (χ1) is 11.3. The van der Waals surface area contributed by atoms with Crippen molar-refractivity contribution in [3.63, 3.8) is 0 Å². The Morgan fingerprint density at radius 3 is 2.67 bits per heavy atom. The van der Waals surface area contributed by atoms with Crippen molar-refractivity contribution < 1.29 is 23.0 Å². The van der Waals surface area contributed by atoms with E-state index < -0.39 is 17.3 Å². The topological polar surface area (TPSA) is 44.7 Å². The molecule has 1 aromatic carbocycles. The number of aliphatic hydroxyl groups is 1. The lowest BCUT2D eigenvalue weighted by molar-refractivity contribution is -0.137. The highest BCUT2D eigenvalue weighted by Gasteiger charge is 2.34. The van der Waals surface area contributed by atoms with Crippen LogP contribution in [-0.2, 0) is 6.18 Å².